The summed E-state index contributed by atoms with van der Waals surface area (Å²) in [5.74, 6) is 1.23. The molecule has 6 nitrogen and oxygen atoms in total. The highest BCUT2D eigenvalue weighted by atomic mass is 16.5. The lowest BCUT2D eigenvalue weighted by molar-refractivity contribution is -0.137. The summed E-state index contributed by atoms with van der Waals surface area (Å²) in [6, 6.07) is 17.4. The topological polar surface area (TPSA) is 75.9 Å². The number of primary amides is 1. The van der Waals surface area contributed by atoms with Crippen LogP contribution in [0.1, 0.15) is 18.4 Å². The highest BCUT2D eigenvalue weighted by molar-refractivity contribution is 5.79. The van der Waals surface area contributed by atoms with Crippen LogP contribution in [0.5, 0.6) is 11.5 Å². The molecule has 148 valence electrons. The number of nitrogens with zero attached hydrogens (tertiary/aromatic N) is 2. The van der Waals surface area contributed by atoms with Crippen LogP contribution in [0.3, 0.4) is 0 Å². The summed E-state index contributed by atoms with van der Waals surface area (Å²) in [6.07, 6.45) is 1.76. The number of piperidine rings is 1. The molecule has 0 unspecified atom stereocenters. The minimum Gasteiger partial charge on any atom is -0.457 e. The van der Waals surface area contributed by atoms with E-state index in [2.05, 4.69) is 0 Å². The molecule has 6 heteroatoms. The van der Waals surface area contributed by atoms with E-state index in [0.29, 0.717) is 13.1 Å². The first-order chi connectivity index (χ1) is 13.5. The number of nitrogens with two attached hydrogens (primary N) is 1. The Balaban J connectivity index is 1.54. The minimum absolute atomic E-state index is 0.0845. The van der Waals surface area contributed by atoms with Gasteiger partial charge in [0.2, 0.25) is 11.8 Å². The molecule has 1 fully saturated rings. The fraction of sp³-hybridized carbons (Fsp3) is 0.364. The van der Waals surface area contributed by atoms with Crippen LogP contribution in [0.2, 0.25) is 0 Å². The van der Waals surface area contributed by atoms with Gasteiger partial charge in [-0.1, -0.05) is 30.3 Å². The molecule has 0 aliphatic carbocycles. The molecule has 1 aliphatic rings. The first-order valence-electron chi connectivity index (χ1n) is 9.59. The summed E-state index contributed by atoms with van der Waals surface area (Å²) in [5.41, 5.74) is 6.32. The second-order valence-corrected chi connectivity index (χ2v) is 7.29. The summed E-state index contributed by atoms with van der Waals surface area (Å²) < 4.78 is 5.80. The number of ether oxygens (including phenoxy) is 1. The van der Waals surface area contributed by atoms with Crippen molar-refractivity contribution in [1.29, 1.82) is 0 Å². The Hall–Kier alpha value is -2.86. The number of para-hydroxylation sites is 1. The van der Waals surface area contributed by atoms with E-state index >= 15 is 0 Å². The van der Waals surface area contributed by atoms with E-state index in [0.717, 1.165) is 36.4 Å². The van der Waals surface area contributed by atoms with Crippen LogP contribution in [0.4, 0.5) is 0 Å². The van der Waals surface area contributed by atoms with E-state index in [1.165, 1.54) is 0 Å². The Morgan fingerprint density at radius 3 is 2.46 bits per heavy atom. The molecule has 1 heterocycles. The molecule has 1 saturated heterocycles. The highest BCUT2D eigenvalue weighted by Crippen LogP contribution is 2.22. The lowest BCUT2D eigenvalue weighted by atomic mass is 9.96. The van der Waals surface area contributed by atoms with Gasteiger partial charge < -0.3 is 15.4 Å². The summed E-state index contributed by atoms with van der Waals surface area (Å²) in [5, 5.41) is 0. The fourth-order valence-corrected chi connectivity index (χ4v) is 3.57. The molecule has 0 aromatic heterocycles. The first kappa shape index (κ1) is 19.9. The number of benzene rings is 2. The van der Waals surface area contributed by atoms with E-state index in [1.807, 2.05) is 66.5 Å². The lowest BCUT2D eigenvalue weighted by Gasteiger charge is -2.33. The molecule has 2 N–H and O–H groups in total. The van der Waals surface area contributed by atoms with Crippen molar-refractivity contribution in [2.45, 2.75) is 19.4 Å². The smallest absolute Gasteiger partial charge is 0.231 e. The number of hydrogen-bond acceptors (Lipinski definition) is 4. The normalized spacial score (nSPS) is 17.1. The van der Waals surface area contributed by atoms with Gasteiger partial charge in [-0.25, -0.2) is 0 Å². The first-order valence-corrected chi connectivity index (χ1v) is 9.59. The SMILES string of the molecule is CN(Cc1ccc(Oc2ccccc2)cc1)C(=O)[C@H]1CCCN(CC(N)=O)C1. The van der Waals surface area contributed by atoms with Crippen LogP contribution < -0.4 is 10.5 Å². The van der Waals surface area contributed by atoms with Crippen molar-refractivity contribution in [3.63, 3.8) is 0 Å². The number of rotatable bonds is 7. The highest BCUT2D eigenvalue weighted by Gasteiger charge is 2.28. The van der Waals surface area contributed by atoms with Gasteiger partial charge in [0.15, 0.2) is 0 Å². The van der Waals surface area contributed by atoms with Crippen LogP contribution in [0, 0.1) is 5.92 Å². The van der Waals surface area contributed by atoms with Gasteiger partial charge in [-0.15, -0.1) is 0 Å². The maximum absolute atomic E-state index is 12.8. The molecule has 2 amide bonds. The van der Waals surface area contributed by atoms with Crippen molar-refractivity contribution in [3.8, 4) is 11.5 Å². The molecule has 1 atom stereocenters. The molecule has 0 spiro atoms. The summed E-state index contributed by atoms with van der Waals surface area (Å²) in [6.45, 7) is 2.17. The predicted octanol–water partition coefficient (Wildman–Crippen LogP) is 2.63. The van der Waals surface area contributed by atoms with Crippen LogP contribution in [0.25, 0.3) is 0 Å². The second-order valence-electron chi connectivity index (χ2n) is 7.29. The van der Waals surface area contributed by atoms with Crippen molar-refractivity contribution in [1.82, 2.24) is 9.80 Å². The lowest BCUT2D eigenvalue weighted by Crippen LogP contribution is -2.46. The van der Waals surface area contributed by atoms with Crippen molar-refractivity contribution in [2.75, 3.05) is 26.7 Å². The van der Waals surface area contributed by atoms with Gasteiger partial charge in [0.1, 0.15) is 11.5 Å². The summed E-state index contributed by atoms with van der Waals surface area (Å²) >= 11 is 0. The maximum Gasteiger partial charge on any atom is 0.231 e. The summed E-state index contributed by atoms with van der Waals surface area (Å²) in [7, 11) is 1.82. The Morgan fingerprint density at radius 1 is 1.11 bits per heavy atom. The van der Waals surface area contributed by atoms with Gasteiger partial charge in [-0.3, -0.25) is 14.5 Å². The van der Waals surface area contributed by atoms with Gasteiger partial charge in [0.05, 0.1) is 12.5 Å². The van der Waals surface area contributed by atoms with E-state index in [9.17, 15) is 9.59 Å². The maximum atomic E-state index is 12.8. The number of hydrogen-bond donors (Lipinski definition) is 1. The number of carbonyl (C=O) groups is 2. The number of likely N-dealkylation sites (tertiary alicyclic amines) is 1. The molecule has 0 saturated carbocycles. The molecule has 2 aromatic carbocycles. The zero-order chi connectivity index (χ0) is 19.9. The Kier molecular flexibility index (Phi) is 6.66. The molecular formula is C22H27N3O3. The van der Waals surface area contributed by atoms with Crippen LogP contribution in [0.15, 0.2) is 54.6 Å². The van der Waals surface area contributed by atoms with E-state index < -0.39 is 0 Å². The molecule has 2 aromatic rings. The number of amides is 2. The molecular weight excluding hydrogens is 354 g/mol. The molecule has 0 radical (unpaired) electrons. The third kappa shape index (κ3) is 5.57. The van der Waals surface area contributed by atoms with E-state index in [4.69, 9.17) is 10.5 Å². The molecule has 1 aliphatic heterocycles. The zero-order valence-electron chi connectivity index (χ0n) is 16.2. The quantitative estimate of drug-likeness (QED) is 0.800. The van der Waals surface area contributed by atoms with Crippen molar-refractivity contribution in [2.24, 2.45) is 11.7 Å². The Labute approximate surface area is 165 Å². The van der Waals surface area contributed by atoms with E-state index in [-0.39, 0.29) is 24.3 Å². The molecule has 0 bridgehead atoms. The summed E-state index contributed by atoms with van der Waals surface area (Å²) in [4.78, 5) is 27.7. The van der Waals surface area contributed by atoms with Crippen LogP contribution in [-0.2, 0) is 16.1 Å². The Bertz CT molecular complexity index is 792. The number of carbonyl (C=O) groups excluding carboxylic acids is 2. The van der Waals surface area contributed by atoms with Gasteiger partial charge in [0.25, 0.3) is 0 Å². The third-order valence-corrected chi connectivity index (χ3v) is 4.93. The van der Waals surface area contributed by atoms with Crippen LogP contribution in [-0.4, -0.2) is 48.3 Å². The van der Waals surface area contributed by atoms with Gasteiger partial charge in [-0.2, -0.15) is 0 Å². The average molecular weight is 381 g/mol. The minimum atomic E-state index is -0.348. The Morgan fingerprint density at radius 2 is 1.79 bits per heavy atom. The van der Waals surface area contributed by atoms with Crippen molar-refractivity contribution >= 4 is 11.8 Å². The van der Waals surface area contributed by atoms with Gasteiger partial charge in [0, 0.05) is 20.1 Å². The zero-order valence-corrected chi connectivity index (χ0v) is 16.2. The van der Waals surface area contributed by atoms with Crippen molar-refractivity contribution < 1.29 is 14.3 Å². The molecule has 3 rings (SSSR count). The predicted molar refractivity (Wildman–Crippen MR) is 108 cm³/mol. The standard InChI is InChI=1S/C22H27N3O3/c1-24(22(27)18-6-5-13-25(15-18)16-21(23)26)14-17-9-11-20(12-10-17)28-19-7-3-2-4-8-19/h2-4,7-12,18H,5-6,13-16H2,1H3,(H2,23,26)/t18-/m0/s1. The van der Waals surface area contributed by atoms with Crippen LogP contribution >= 0.6 is 0 Å². The monoisotopic (exact) mass is 381 g/mol. The van der Waals surface area contributed by atoms with Gasteiger partial charge in [-0.05, 0) is 49.2 Å². The molecule has 28 heavy (non-hydrogen) atoms. The fourth-order valence-electron chi connectivity index (χ4n) is 3.57. The second kappa shape index (κ2) is 9.37. The van der Waals surface area contributed by atoms with E-state index in [1.54, 1.807) is 4.90 Å². The average Bonchev–Trinajstić information content (AvgIpc) is 2.69. The third-order valence-electron chi connectivity index (χ3n) is 4.93. The van der Waals surface area contributed by atoms with Crippen molar-refractivity contribution in [3.05, 3.63) is 60.2 Å². The van der Waals surface area contributed by atoms with Gasteiger partial charge >= 0.3 is 0 Å². The largest absolute Gasteiger partial charge is 0.457 e.